The van der Waals surface area contributed by atoms with Crippen molar-refractivity contribution < 1.29 is 48.7 Å². The molecule has 0 saturated heterocycles. The number of nitrogens with zero attached hydrogens (tertiary/aromatic N) is 1. The van der Waals surface area contributed by atoms with Crippen molar-refractivity contribution in [1.29, 1.82) is 0 Å². The summed E-state index contributed by atoms with van der Waals surface area (Å²) in [6, 6.07) is 11.3. The smallest absolute Gasteiger partial charge is 0.337 e. The summed E-state index contributed by atoms with van der Waals surface area (Å²) in [5.74, 6) is -3.18. The Kier molecular flexibility index (Phi) is 8.51. The number of rotatable bonds is 6. The lowest BCUT2D eigenvalue weighted by atomic mass is 9.77. The summed E-state index contributed by atoms with van der Waals surface area (Å²) in [6.07, 6.45) is -15.3. The molecule has 1 N–H and O–H groups in total. The molecule has 1 heterocycles. The largest absolute Gasteiger partial charge is 0.419 e. The maximum atomic E-state index is 14.4. The summed E-state index contributed by atoms with van der Waals surface area (Å²) in [5, 5.41) is 2.22. The normalized spacial score (nSPS) is 13.8. The number of hydrogen-bond donors (Lipinski definition) is 1. The monoisotopic (exact) mass is 634 g/mol. The number of halogens is 11. The fourth-order valence-corrected chi connectivity index (χ4v) is 4.61. The highest BCUT2D eigenvalue weighted by molar-refractivity contribution is 6.30. The van der Waals surface area contributed by atoms with Crippen LogP contribution < -0.4 is 5.32 Å². The first-order valence-corrected chi connectivity index (χ1v) is 12.4. The highest BCUT2D eigenvalue weighted by atomic mass is 35.5. The van der Waals surface area contributed by atoms with Gasteiger partial charge < -0.3 is 5.32 Å². The molecule has 3 nitrogen and oxygen atoms in total. The first-order valence-electron chi connectivity index (χ1n) is 12.1. The third-order valence-corrected chi connectivity index (χ3v) is 6.67. The van der Waals surface area contributed by atoms with Crippen LogP contribution in [0.15, 0.2) is 85.1 Å². The van der Waals surface area contributed by atoms with Gasteiger partial charge in [0.25, 0.3) is 5.91 Å². The van der Waals surface area contributed by atoms with Gasteiger partial charge in [-0.2, -0.15) is 39.5 Å². The molecular formula is C29H17ClF10N2O. The molecule has 0 aliphatic rings. The molecule has 226 valence electrons. The van der Waals surface area contributed by atoms with Crippen molar-refractivity contribution in [2.75, 3.05) is 0 Å². The third kappa shape index (κ3) is 6.93. The van der Waals surface area contributed by atoms with Gasteiger partial charge in [0.1, 0.15) is 11.4 Å². The lowest BCUT2D eigenvalue weighted by Gasteiger charge is -2.37. The zero-order valence-electron chi connectivity index (χ0n) is 21.3. The van der Waals surface area contributed by atoms with E-state index in [-0.39, 0.29) is 34.9 Å². The van der Waals surface area contributed by atoms with Crippen LogP contribution in [0.1, 0.15) is 43.9 Å². The van der Waals surface area contributed by atoms with Gasteiger partial charge in [-0.3, -0.25) is 9.78 Å². The minimum Gasteiger partial charge on any atom is -0.337 e. The number of carbonyl (C=O) groups is 1. The molecule has 1 amide bonds. The molecule has 0 aliphatic carbocycles. The molecule has 14 heteroatoms. The van der Waals surface area contributed by atoms with E-state index in [0.29, 0.717) is 12.1 Å². The Morgan fingerprint density at radius 3 is 1.93 bits per heavy atom. The molecule has 0 saturated carbocycles. The minimum absolute atomic E-state index is 0.0165. The Balaban J connectivity index is 2.07. The summed E-state index contributed by atoms with van der Waals surface area (Å²) in [4.78, 5) is 17.6. The van der Waals surface area contributed by atoms with Crippen LogP contribution in [0.3, 0.4) is 0 Å². The molecule has 3 aromatic carbocycles. The van der Waals surface area contributed by atoms with Crippen LogP contribution in [0.4, 0.5) is 43.9 Å². The summed E-state index contributed by atoms with van der Waals surface area (Å²) in [5.41, 5.74) is -9.64. The van der Waals surface area contributed by atoms with E-state index in [0.717, 1.165) is 18.3 Å². The number of nitrogens with one attached hydrogen (secondary N) is 1. The van der Waals surface area contributed by atoms with E-state index in [2.05, 4.69) is 10.3 Å². The highest BCUT2D eigenvalue weighted by Crippen LogP contribution is 2.44. The second kappa shape index (κ2) is 11.5. The lowest BCUT2D eigenvalue weighted by molar-refractivity contribution is -0.142. The second-order valence-electron chi connectivity index (χ2n) is 9.33. The quantitative estimate of drug-likeness (QED) is 0.215. The average molecular weight is 635 g/mol. The molecule has 0 aliphatic heterocycles. The molecule has 1 aromatic heterocycles. The third-order valence-electron chi connectivity index (χ3n) is 6.45. The summed E-state index contributed by atoms with van der Waals surface area (Å²) in [6.45, 7) is 0. The zero-order chi connectivity index (χ0) is 31.8. The van der Waals surface area contributed by atoms with Crippen molar-refractivity contribution in [3.05, 3.63) is 135 Å². The Morgan fingerprint density at radius 1 is 0.721 bits per heavy atom. The van der Waals surface area contributed by atoms with Crippen LogP contribution >= 0.6 is 11.6 Å². The summed E-state index contributed by atoms with van der Waals surface area (Å²) in [7, 11) is 0. The number of pyridine rings is 1. The van der Waals surface area contributed by atoms with Gasteiger partial charge in [0, 0.05) is 18.2 Å². The van der Waals surface area contributed by atoms with Crippen LogP contribution in [-0.2, 0) is 30.5 Å². The molecule has 43 heavy (non-hydrogen) atoms. The molecule has 0 spiro atoms. The number of aromatic nitrogens is 1. The molecule has 0 fully saturated rings. The Morgan fingerprint density at radius 2 is 1.37 bits per heavy atom. The molecule has 0 radical (unpaired) electrons. The number of benzene rings is 3. The van der Waals surface area contributed by atoms with Crippen molar-refractivity contribution in [2.45, 2.75) is 30.5 Å². The topological polar surface area (TPSA) is 42.0 Å². The molecule has 0 bridgehead atoms. The van der Waals surface area contributed by atoms with E-state index in [1.54, 1.807) is 6.07 Å². The van der Waals surface area contributed by atoms with Gasteiger partial charge in [0.05, 0.1) is 27.4 Å². The fraction of sp³-hybridized carbons (Fsp3) is 0.172. The van der Waals surface area contributed by atoms with E-state index in [1.807, 2.05) is 0 Å². The molecule has 0 unspecified atom stereocenters. The number of alkyl halides is 9. The summed E-state index contributed by atoms with van der Waals surface area (Å²) < 4.78 is 139. The van der Waals surface area contributed by atoms with Crippen LogP contribution in [-0.4, -0.2) is 10.9 Å². The van der Waals surface area contributed by atoms with Gasteiger partial charge in [0.2, 0.25) is 0 Å². The van der Waals surface area contributed by atoms with Crippen LogP contribution in [0.25, 0.3) is 0 Å². The standard InChI is InChI=1S/C29H17ClF10N2O/c30-19-8-11-24(41-15-19)26(14-16-4-2-1-3-5-16,21-13-18(27(32,33)34)7-9-20(21)28(35,36)37)42-25(43)17-6-10-23(31)22(12-17)29(38,39)40/h1-13,15H,14H2,(H,42,43)/t26-/m0/s1. The minimum atomic E-state index is -5.27. The molecule has 4 rings (SSSR count). The highest BCUT2D eigenvalue weighted by Gasteiger charge is 2.47. The van der Waals surface area contributed by atoms with Gasteiger partial charge in [-0.15, -0.1) is 0 Å². The second-order valence-corrected chi connectivity index (χ2v) is 9.77. The van der Waals surface area contributed by atoms with E-state index < -0.39 is 75.7 Å². The number of hydrogen-bond acceptors (Lipinski definition) is 2. The van der Waals surface area contributed by atoms with E-state index in [1.165, 1.54) is 24.3 Å². The van der Waals surface area contributed by atoms with Gasteiger partial charge in [-0.25, -0.2) is 4.39 Å². The van der Waals surface area contributed by atoms with Crippen LogP contribution in [0, 0.1) is 5.82 Å². The van der Waals surface area contributed by atoms with E-state index >= 15 is 0 Å². The van der Waals surface area contributed by atoms with E-state index in [9.17, 15) is 48.7 Å². The molecule has 1 atom stereocenters. The summed E-state index contributed by atoms with van der Waals surface area (Å²) >= 11 is 5.91. The Labute approximate surface area is 242 Å². The maximum Gasteiger partial charge on any atom is 0.419 e. The fourth-order valence-electron chi connectivity index (χ4n) is 4.50. The van der Waals surface area contributed by atoms with Gasteiger partial charge >= 0.3 is 18.5 Å². The lowest BCUT2D eigenvalue weighted by Crippen LogP contribution is -2.50. The first kappa shape index (κ1) is 31.8. The van der Waals surface area contributed by atoms with Crippen LogP contribution in [0.5, 0.6) is 0 Å². The zero-order valence-corrected chi connectivity index (χ0v) is 22.1. The van der Waals surface area contributed by atoms with Crippen molar-refractivity contribution in [3.8, 4) is 0 Å². The van der Waals surface area contributed by atoms with Crippen molar-refractivity contribution in [1.82, 2.24) is 10.3 Å². The van der Waals surface area contributed by atoms with Gasteiger partial charge in [-0.05, 0) is 59.7 Å². The van der Waals surface area contributed by atoms with Gasteiger partial charge in [0.15, 0.2) is 0 Å². The Hall–Kier alpha value is -4.13. The van der Waals surface area contributed by atoms with Crippen molar-refractivity contribution in [3.63, 3.8) is 0 Å². The van der Waals surface area contributed by atoms with Crippen molar-refractivity contribution in [2.24, 2.45) is 0 Å². The Bertz CT molecular complexity index is 1620. The predicted molar refractivity (Wildman–Crippen MR) is 135 cm³/mol. The number of amides is 1. The van der Waals surface area contributed by atoms with E-state index in [4.69, 9.17) is 11.6 Å². The van der Waals surface area contributed by atoms with Crippen molar-refractivity contribution >= 4 is 17.5 Å². The molecular weight excluding hydrogens is 618 g/mol. The average Bonchev–Trinajstić information content (AvgIpc) is 2.92. The van der Waals surface area contributed by atoms with Gasteiger partial charge in [-0.1, -0.05) is 41.9 Å². The predicted octanol–water partition coefficient (Wildman–Crippen LogP) is 8.85. The maximum absolute atomic E-state index is 14.4. The van der Waals surface area contributed by atoms with Crippen LogP contribution in [0.2, 0.25) is 5.02 Å². The first-order chi connectivity index (χ1) is 19.9. The number of carbonyl (C=O) groups excluding carboxylic acids is 1. The SMILES string of the molecule is O=C(N[C@](Cc1ccccc1)(c1ccc(Cl)cn1)c1cc(C(F)(F)F)ccc1C(F)(F)F)c1ccc(F)c(C(F)(F)F)c1. The molecule has 4 aromatic rings.